The standard InChI is InChI=1S/C8H8NSe/c1-9-8(10)7-5-3-2-4-6-7/h2-6H,1H3. The number of aliphatic imine (C=N–C) groups is 1. The van der Waals surface area contributed by atoms with Crippen LogP contribution < -0.4 is 0 Å². The van der Waals surface area contributed by atoms with E-state index in [0.717, 1.165) is 10.2 Å². The van der Waals surface area contributed by atoms with Crippen molar-refractivity contribution in [2.24, 2.45) is 4.99 Å². The molecule has 0 aliphatic rings. The molecule has 1 radical (unpaired) electrons. The van der Waals surface area contributed by atoms with E-state index in [1.165, 1.54) is 0 Å². The van der Waals surface area contributed by atoms with Gasteiger partial charge < -0.3 is 0 Å². The summed E-state index contributed by atoms with van der Waals surface area (Å²) in [5, 5.41) is 0. The third kappa shape index (κ3) is 1.69. The summed E-state index contributed by atoms with van der Waals surface area (Å²) >= 11 is 2.89. The van der Waals surface area contributed by atoms with E-state index in [4.69, 9.17) is 0 Å². The van der Waals surface area contributed by atoms with Gasteiger partial charge in [-0.15, -0.1) is 0 Å². The van der Waals surface area contributed by atoms with Gasteiger partial charge in [0.1, 0.15) is 0 Å². The second-order valence-corrected chi connectivity index (χ2v) is 2.71. The van der Waals surface area contributed by atoms with E-state index < -0.39 is 0 Å². The minimum absolute atomic E-state index is 0.959. The third-order valence-electron chi connectivity index (χ3n) is 1.22. The van der Waals surface area contributed by atoms with Gasteiger partial charge in [0.2, 0.25) is 0 Å². The molecule has 51 valence electrons. The molecule has 0 saturated heterocycles. The second-order valence-electron chi connectivity index (χ2n) is 1.89. The molecule has 10 heavy (non-hydrogen) atoms. The van der Waals surface area contributed by atoms with Gasteiger partial charge in [0.15, 0.2) is 0 Å². The summed E-state index contributed by atoms with van der Waals surface area (Å²) in [6.45, 7) is 0. The van der Waals surface area contributed by atoms with Crippen LogP contribution in [-0.4, -0.2) is 27.7 Å². The Morgan fingerprint density at radius 2 is 1.90 bits per heavy atom. The van der Waals surface area contributed by atoms with Gasteiger partial charge in [0, 0.05) is 0 Å². The Balaban J connectivity index is 2.96. The van der Waals surface area contributed by atoms with Crippen LogP contribution >= 0.6 is 0 Å². The van der Waals surface area contributed by atoms with Crippen LogP contribution in [0.1, 0.15) is 5.56 Å². The Hall–Kier alpha value is -0.591. The van der Waals surface area contributed by atoms with Crippen molar-refractivity contribution in [1.29, 1.82) is 0 Å². The van der Waals surface area contributed by atoms with E-state index in [9.17, 15) is 0 Å². The normalized spacial score (nSPS) is 11.5. The van der Waals surface area contributed by atoms with Crippen molar-refractivity contribution in [3.05, 3.63) is 35.9 Å². The monoisotopic (exact) mass is 198 g/mol. The van der Waals surface area contributed by atoms with Gasteiger partial charge in [-0.3, -0.25) is 0 Å². The van der Waals surface area contributed by atoms with Gasteiger partial charge in [0.05, 0.1) is 0 Å². The predicted molar refractivity (Wildman–Crippen MR) is 44.7 cm³/mol. The molecule has 0 saturated carbocycles. The van der Waals surface area contributed by atoms with E-state index in [2.05, 4.69) is 21.0 Å². The van der Waals surface area contributed by atoms with Crippen LogP contribution in [0, 0.1) is 0 Å². The van der Waals surface area contributed by atoms with Crippen molar-refractivity contribution >= 4 is 20.6 Å². The summed E-state index contributed by atoms with van der Waals surface area (Å²) in [6.07, 6.45) is 0. The van der Waals surface area contributed by atoms with Crippen LogP contribution in [0.15, 0.2) is 35.3 Å². The van der Waals surface area contributed by atoms with Crippen LogP contribution in [0.5, 0.6) is 0 Å². The first-order chi connectivity index (χ1) is 4.84. The molecule has 1 rings (SSSR count). The molecule has 0 amide bonds. The van der Waals surface area contributed by atoms with Crippen molar-refractivity contribution in [3.8, 4) is 0 Å². The molecule has 0 heterocycles. The maximum absolute atomic E-state index is 4.02. The number of hydrogen-bond donors (Lipinski definition) is 0. The number of hydrogen-bond acceptors (Lipinski definition) is 1. The molecule has 1 aromatic rings. The SMILES string of the molecule is CN=C([Se])c1ccccc1. The molecule has 0 fully saturated rings. The summed E-state index contributed by atoms with van der Waals surface area (Å²) in [5.74, 6) is 0. The van der Waals surface area contributed by atoms with Crippen molar-refractivity contribution < 1.29 is 0 Å². The number of nitrogens with zero attached hydrogens (tertiary/aromatic N) is 1. The Kier molecular flexibility index (Phi) is 2.67. The first-order valence-corrected chi connectivity index (χ1v) is 3.89. The Bertz CT molecular complexity index is 228. The summed E-state index contributed by atoms with van der Waals surface area (Å²) in [5.41, 5.74) is 1.14. The van der Waals surface area contributed by atoms with Gasteiger partial charge in [0.25, 0.3) is 0 Å². The Labute approximate surface area is 69.0 Å². The molecular formula is C8H8NSe. The van der Waals surface area contributed by atoms with E-state index in [1.807, 2.05) is 30.3 Å². The van der Waals surface area contributed by atoms with E-state index in [1.54, 1.807) is 7.05 Å². The zero-order valence-electron chi connectivity index (χ0n) is 5.74. The zero-order chi connectivity index (χ0) is 7.40. The molecule has 0 spiro atoms. The number of benzene rings is 1. The molecule has 0 aliphatic carbocycles. The summed E-state index contributed by atoms with van der Waals surface area (Å²) in [7, 11) is 1.78. The second kappa shape index (κ2) is 3.55. The number of rotatable bonds is 1. The zero-order valence-corrected chi connectivity index (χ0v) is 7.46. The average molecular weight is 197 g/mol. The third-order valence-corrected chi connectivity index (χ3v) is 2.10. The molecule has 0 bridgehead atoms. The molecule has 0 N–H and O–H groups in total. The summed E-state index contributed by atoms with van der Waals surface area (Å²) in [6, 6.07) is 10.0. The summed E-state index contributed by atoms with van der Waals surface area (Å²) < 4.78 is 0.959. The van der Waals surface area contributed by atoms with Crippen molar-refractivity contribution in [1.82, 2.24) is 0 Å². The quantitative estimate of drug-likeness (QED) is 0.474. The maximum atomic E-state index is 4.02. The molecule has 0 aliphatic heterocycles. The fourth-order valence-electron chi connectivity index (χ4n) is 0.710. The fourth-order valence-corrected chi connectivity index (χ4v) is 0.995. The predicted octanol–water partition coefficient (Wildman–Crippen LogP) is 1.23. The van der Waals surface area contributed by atoms with Crippen LogP contribution in [0.2, 0.25) is 0 Å². The molecule has 0 atom stereocenters. The first-order valence-electron chi connectivity index (χ1n) is 3.04. The van der Waals surface area contributed by atoms with Gasteiger partial charge in [-0.05, 0) is 0 Å². The van der Waals surface area contributed by atoms with Crippen LogP contribution in [-0.2, 0) is 0 Å². The minimum atomic E-state index is 0.959. The van der Waals surface area contributed by atoms with Gasteiger partial charge >= 0.3 is 68.6 Å². The van der Waals surface area contributed by atoms with Crippen molar-refractivity contribution in [2.75, 3.05) is 7.05 Å². The van der Waals surface area contributed by atoms with Gasteiger partial charge in [-0.25, -0.2) is 0 Å². The van der Waals surface area contributed by atoms with E-state index in [0.29, 0.717) is 0 Å². The van der Waals surface area contributed by atoms with Crippen molar-refractivity contribution in [3.63, 3.8) is 0 Å². The topological polar surface area (TPSA) is 12.4 Å². The van der Waals surface area contributed by atoms with E-state index in [-0.39, 0.29) is 0 Å². The molecule has 2 heteroatoms. The molecular weight excluding hydrogens is 189 g/mol. The Morgan fingerprint density at radius 3 is 2.40 bits per heavy atom. The van der Waals surface area contributed by atoms with Crippen LogP contribution in [0.3, 0.4) is 0 Å². The molecule has 1 aromatic carbocycles. The van der Waals surface area contributed by atoms with Gasteiger partial charge in [-0.1, -0.05) is 0 Å². The molecule has 1 nitrogen and oxygen atoms in total. The fraction of sp³-hybridized carbons (Fsp3) is 0.125. The van der Waals surface area contributed by atoms with E-state index >= 15 is 0 Å². The molecule has 0 unspecified atom stereocenters. The average Bonchev–Trinajstić information content (AvgIpc) is 2.05. The van der Waals surface area contributed by atoms with Gasteiger partial charge in [-0.2, -0.15) is 0 Å². The summed E-state index contributed by atoms with van der Waals surface area (Å²) in [4.78, 5) is 4.02. The van der Waals surface area contributed by atoms with Crippen LogP contribution in [0.4, 0.5) is 0 Å². The van der Waals surface area contributed by atoms with Crippen molar-refractivity contribution in [2.45, 2.75) is 0 Å². The molecule has 0 aromatic heterocycles. The van der Waals surface area contributed by atoms with Crippen LogP contribution in [0.25, 0.3) is 0 Å². The Morgan fingerprint density at radius 1 is 1.30 bits per heavy atom. The first kappa shape index (κ1) is 7.52.